The van der Waals surface area contributed by atoms with Gasteiger partial charge in [-0.3, -0.25) is 0 Å². The standard InChI is InChI=1S/C23H32F13NSSi2/c1-14(37(2)3)16-10-9-15(13-17(16)38-39(4,5)6)40(7,8)12-11-18(24,25)19(26,27)20(28,29)21(30,31)22(32,33)23(34,35)36/h9-10,13-14H,11-12H2,1-8H3/t14-/m1/s1. The SMILES string of the molecule is C[C@H](c1ccc([Si](C)(C)CCC(F)(F)C(F)(F)C(F)(F)C(F)(F)C(F)(F)C(F)(F)F)cc1S[Si](C)(C)C)N(C)C. The van der Waals surface area contributed by atoms with Gasteiger partial charge < -0.3 is 4.90 Å². The van der Waals surface area contributed by atoms with E-state index in [1.165, 1.54) is 13.1 Å². The van der Waals surface area contributed by atoms with Crippen molar-refractivity contribution >= 4 is 31.7 Å². The molecule has 0 saturated carbocycles. The lowest BCUT2D eigenvalue weighted by Gasteiger charge is -2.40. The molecule has 17 heteroatoms. The van der Waals surface area contributed by atoms with E-state index in [9.17, 15) is 57.1 Å². The van der Waals surface area contributed by atoms with Crippen LogP contribution in [-0.4, -0.2) is 70.1 Å². The van der Waals surface area contributed by atoms with Crippen LogP contribution in [0.1, 0.15) is 24.9 Å². The van der Waals surface area contributed by atoms with Gasteiger partial charge in [0.2, 0.25) is 0 Å². The average Bonchev–Trinajstić information content (AvgIpc) is 2.74. The van der Waals surface area contributed by atoms with E-state index in [-0.39, 0.29) is 6.04 Å². The Hall–Kier alpha value is -0.946. The van der Waals surface area contributed by atoms with Crippen molar-refractivity contribution in [1.29, 1.82) is 0 Å². The van der Waals surface area contributed by atoms with Crippen molar-refractivity contribution in [2.24, 2.45) is 0 Å². The van der Waals surface area contributed by atoms with Gasteiger partial charge in [0.15, 0.2) is 0 Å². The first-order valence-corrected chi connectivity index (χ1v) is 20.1. The molecule has 0 aliphatic heterocycles. The molecule has 0 radical (unpaired) electrons. The zero-order chi connectivity index (χ0) is 32.1. The normalized spacial score (nSPS) is 16.1. The smallest absolute Gasteiger partial charge is 0.303 e. The van der Waals surface area contributed by atoms with Gasteiger partial charge in [-0.2, -0.15) is 68.3 Å². The third-order valence-electron chi connectivity index (χ3n) is 6.50. The third-order valence-corrected chi connectivity index (χ3v) is 13.6. The van der Waals surface area contributed by atoms with Crippen molar-refractivity contribution in [2.45, 2.75) is 98.8 Å². The monoisotopic (exact) mass is 657 g/mol. The second-order valence-corrected chi connectivity index (χ2v) is 25.5. The van der Waals surface area contributed by atoms with E-state index >= 15 is 0 Å². The number of alkyl halides is 13. The van der Waals surface area contributed by atoms with Gasteiger partial charge in [0.05, 0.1) is 8.07 Å². The summed E-state index contributed by atoms with van der Waals surface area (Å²) in [5.74, 6) is -36.6. The van der Waals surface area contributed by atoms with Crippen LogP contribution in [0.15, 0.2) is 23.1 Å². The summed E-state index contributed by atoms with van der Waals surface area (Å²) in [6.45, 7) is 10.9. The van der Waals surface area contributed by atoms with E-state index in [1.807, 2.05) is 45.6 Å². The number of hydrogen-bond donors (Lipinski definition) is 0. The first kappa shape index (κ1) is 37.1. The summed E-state index contributed by atoms with van der Waals surface area (Å²) in [6.07, 6.45) is -9.57. The fourth-order valence-corrected chi connectivity index (χ4v) is 9.68. The van der Waals surface area contributed by atoms with Crippen molar-refractivity contribution < 1.29 is 57.1 Å². The van der Waals surface area contributed by atoms with Gasteiger partial charge in [-0.15, -0.1) is 0 Å². The summed E-state index contributed by atoms with van der Waals surface area (Å²) in [7, 11) is -1.40. The molecule has 0 fully saturated rings. The summed E-state index contributed by atoms with van der Waals surface area (Å²) in [5.41, 5.74) is 0.885. The number of halogens is 13. The molecule has 40 heavy (non-hydrogen) atoms. The lowest BCUT2D eigenvalue weighted by molar-refractivity contribution is -0.439. The molecule has 0 aliphatic carbocycles. The van der Waals surface area contributed by atoms with Gasteiger partial charge in [0.1, 0.15) is 7.22 Å². The molecule has 0 spiro atoms. The minimum atomic E-state index is -7.87. The summed E-state index contributed by atoms with van der Waals surface area (Å²) < 4.78 is 175. The molecule has 0 unspecified atom stereocenters. The highest BCUT2D eigenvalue weighted by molar-refractivity contribution is 8.28. The van der Waals surface area contributed by atoms with Crippen molar-refractivity contribution in [2.75, 3.05) is 14.1 Å². The second-order valence-electron chi connectivity index (χ2n) is 11.5. The molecule has 234 valence electrons. The Morgan fingerprint density at radius 2 is 1.18 bits per heavy atom. The summed E-state index contributed by atoms with van der Waals surface area (Å²) >= 11 is 1.56. The van der Waals surface area contributed by atoms with Gasteiger partial charge in [-0.25, -0.2) is 0 Å². The van der Waals surface area contributed by atoms with Crippen molar-refractivity contribution in [3.05, 3.63) is 23.8 Å². The van der Waals surface area contributed by atoms with Crippen LogP contribution in [0.2, 0.25) is 38.8 Å². The van der Waals surface area contributed by atoms with Gasteiger partial charge in [0, 0.05) is 17.4 Å². The fourth-order valence-electron chi connectivity index (χ4n) is 3.57. The summed E-state index contributed by atoms with van der Waals surface area (Å²) in [6, 6.07) is 4.00. The number of hydrogen-bond acceptors (Lipinski definition) is 2. The summed E-state index contributed by atoms with van der Waals surface area (Å²) in [5, 5.41) is 0.447. The fraction of sp³-hybridized carbons (Fsp3) is 0.739. The van der Waals surface area contributed by atoms with Gasteiger partial charge in [-0.1, -0.05) is 50.1 Å². The molecule has 0 aliphatic rings. The molecular formula is C23H32F13NSSi2. The first-order chi connectivity index (χ1) is 17.4. The van der Waals surface area contributed by atoms with E-state index < -0.39 is 63.6 Å². The molecule has 0 aromatic heterocycles. The first-order valence-electron chi connectivity index (χ1n) is 11.8. The molecule has 1 aromatic carbocycles. The molecule has 0 amide bonds. The topological polar surface area (TPSA) is 3.24 Å². The van der Waals surface area contributed by atoms with Crippen molar-refractivity contribution in [3.8, 4) is 0 Å². The molecule has 1 rings (SSSR count). The molecule has 0 heterocycles. The largest absolute Gasteiger partial charge is 0.460 e. The maximum atomic E-state index is 14.4. The Bertz CT molecular complexity index is 1030. The zero-order valence-electron chi connectivity index (χ0n) is 23.0. The Balaban J connectivity index is 3.43. The predicted molar refractivity (Wildman–Crippen MR) is 135 cm³/mol. The minimum absolute atomic E-state index is 0.0839. The van der Waals surface area contributed by atoms with Crippen LogP contribution in [0.5, 0.6) is 0 Å². The maximum absolute atomic E-state index is 14.4. The van der Waals surface area contributed by atoms with Crippen molar-refractivity contribution in [3.63, 3.8) is 0 Å². The van der Waals surface area contributed by atoms with Crippen LogP contribution >= 0.6 is 11.2 Å². The molecule has 0 bridgehead atoms. The van der Waals surface area contributed by atoms with E-state index in [2.05, 4.69) is 0 Å². The van der Waals surface area contributed by atoms with Crippen molar-refractivity contribution in [1.82, 2.24) is 4.90 Å². The lowest BCUT2D eigenvalue weighted by Crippen LogP contribution is -2.70. The second kappa shape index (κ2) is 11.3. The van der Waals surface area contributed by atoms with E-state index in [1.54, 1.807) is 29.4 Å². The lowest BCUT2D eigenvalue weighted by atomic mass is 9.93. The molecular weight excluding hydrogens is 625 g/mol. The Kier molecular flexibility index (Phi) is 10.5. The van der Waals surface area contributed by atoms with Crippen LogP contribution < -0.4 is 5.19 Å². The average molecular weight is 658 g/mol. The quantitative estimate of drug-likeness (QED) is 0.163. The van der Waals surface area contributed by atoms with Crippen LogP contribution in [0.3, 0.4) is 0 Å². The highest BCUT2D eigenvalue weighted by atomic mass is 32.4. The van der Waals surface area contributed by atoms with Gasteiger partial charge in [-0.05, 0) is 38.7 Å². The zero-order valence-corrected chi connectivity index (χ0v) is 25.8. The third kappa shape index (κ3) is 6.98. The molecule has 0 saturated heterocycles. The molecule has 1 nitrogen and oxygen atoms in total. The number of nitrogens with zero attached hydrogens (tertiary/aromatic N) is 1. The Morgan fingerprint density at radius 3 is 1.57 bits per heavy atom. The maximum Gasteiger partial charge on any atom is 0.460 e. The van der Waals surface area contributed by atoms with E-state index in [0.29, 0.717) is 5.19 Å². The van der Waals surface area contributed by atoms with Crippen LogP contribution in [0.25, 0.3) is 0 Å². The van der Waals surface area contributed by atoms with Crippen LogP contribution in [0, 0.1) is 0 Å². The number of benzene rings is 1. The summed E-state index contributed by atoms with van der Waals surface area (Å²) in [4.78, 5) is 2.70. The van der Waals surface area contributed by atoms with E-state index in [0.717, 1.165) is 10.5 Å². The molecule has 0 N–H and O–H groups in total. The van der Waals surface area contributed by atoms with E-state index in [4.69, 9.17) is 0 Å². The highest BCUT2D eigenvalue weighted by Crippen LogP contribution is 2.61. The van der Waals surface area contributed by atoms with Gasteiger partial charge in [0.25, 0.3) is 0 Å². The molecule has 1 atom stereocenters. The Morgan fingerprint density at radius 1 is 0.725 bits per heavy atom. The van der Waals surface area contributed by atoms with Gasteiger partial charge >= 0.3 is 35.8 Å². The van der Waals surface area contributed by atoms with Crippen LogP contribution in [-0.2, 0) is 0 Å². The minimum Gasteiger partial charge on any atom is -0.303 e. The highest BCUT2D eigenvalue weighted by Gasteiger charge is 2.90. The number of rotatable bonds is 12. The van der Waals surface area contributed by atoms with Crippen LogP contribution in [0.4, 0.5) is 57.1 Å². The molecule has 1 aromatic rings. The predicted octanol–water partition coefficient (Wildman–Crippen LogP) is 9.28. The Labute approximate surface area is 230 Å².